The number of halogens is 1. The first kappa shape index (κ1) is 15.9. The first-order valence-electron chi connectivity index (χ1n) is 5.86. The van der Waals surface area contributed by atoms with E-state index in [4.69, 9.17) is 10.5 Å². The Morgan fingerprint density at radius 1 is 1.37 bits per heavy atom. The number of nitrogens with one attached hydrogen (secondary N) is 1. The number of sulfonamides is 1. The molecular weight excluding hydrogens is 271 g/mol. The number of rotatable bonds is 6. The van der Waals surface area contributed by atoms with Gasteiger partial charge in [0.15, 0.2) is 0 Å². The molecule has 108 valence electrons. The second-order valence-electron chi connectivity index (χ2n) is 4.74. The van der Waals surface area contributed by atoms with Crippen LogP contribution in [0.2, 0.25) is 0 Å². The normalized spacial score (nSPS) is 12.6. The lowest BCUT2D eigenvalue weighted by atomic mass is 10.1. The topological polar surface area (TPSA) is 81.4 Å². The fourth-order valence-electron chi connectivity index (χ4n) is 1.53. The van der Waals surface area contributed by atoms with Crippen LogP contribution < -0.4 is 10.5 Å². The van der Waals surface area contributed by atoms with Crippen molar-refractivity contribution in [2.45, 2.75) is 31.3 Å². The van der Waals surface area contributed by atoms with E-state index < -0.39 is 21.4 Å². The molecule has 0 saturated carbocycles. The molecule has 0 bridgehead atoms. The van der Waals surface area contributed by atoms with Crippen molar-refractivity contribution in [1.82, 2.24) is 4.72 Å². The monoisotopic (exact) mass is 290 g/mol. The van der Waals surface area contributed by atoms with E-state index in [9.17, 15) is 12.8 Å². The van der Waals surface area contributed by atoms with E-state index in [0.29, 0.717) is 6.61 Å². The quantitative estimate of drug-likeness (QED) is 0.778. The van der Waals surface area contributed by atoms with Gasteiger partial charge in [0.1, 0.15) is 5.82 Å². The van der Waals surface area contributed by atoms with Crippen LogP contribution in [0.4, 0.5) is 10.1 Å². The molecule has 0 heterocycles. The number of ether oxygens (including phenoxy) is 1. The minimum absolute atomic E-state index is 0.0597. The molecule has 5 nitrogen and oxygen atoms in total. The zero-order valence-corrected chi connectivity index (χ0v) is 12.1. The molecule has 19 heavy (non-hydrogen) atoms. The summed E-state index contributed by atoms with van der Waals surface area (Å²) in [7, 11) is -3.81. The van der Waals surface area contributed by atoms with Crippen molar-refractivity contribution in [1.29, 1.82) is 0 Å². The number of nitrogen functional groups attached to an aromatic ring is 1. The molecular formula is C12H19FN2O3S. The lowest BCUT2D eigenvalue weighted by Gasteiger charge is -2.24. The Morgan fingerprint density at radius 3 is 2.53 bits per heavy atom. The van der Waals surface area contributed by atoms with Gasteiger partial charge in [0.2, 0.25) is 10.0 Å². The van der Waals surface area contributed by atoms with Gasteiger partial charge in [-0.25, -0.2) is 17.5 Å². The van der Waals surface area contributed by atoms with E-state index in [1.54, 1.807) is 13.8 Å². The second kappa shape index (κ2) is 5.85. The van der Waals surface area contributed by atoms with Gasteiger partial charge in [0, 0.05) is 18.8 Å². The number of anilines is 1. The van der Waals surface area contributed by atoms with Gasteiger partial charge in [0.25, 0.3) is 0 Å². The third-order valence-corrected chi connectivity index (χ3v) is 3.81. The summed E-state index contributed by atoms with van der Waals surface area (Å²) in [5, 5.41) is 0. The summed E-state index contributed by atoms with van der Waals surface area (Å²) < 4.78 is 44.9. The summed E-state index contributed by atoms with van der Waals surface area (Å²) in [6.45, 7) is 5.91. The van der Waals surface area contributed by atoms with Gasteiger partial charge in [0.05, 0.1) is 10.5 Å². The van der Waals surface area contributed by atoms with Gasteiger partial charge >= 0.3 is 0 Å². The van der Waals surface area contributed by atoms with Crippen molar-refractivity contribution < 1.29 is 17.5 Å². The Bertz CT molecular complexity index is 524. The molecule has 0 radical (unpaired) electrons. The molecule has 0 unspecified atom stereocenters. The Kier molecular flexibility index (Phi) is 4.89. The van der Waals surface area contributed by atoms with Gasteiger partial charge in [-0.3, -0.25) is 0 Å². The molecule has 1 aromatic carbocycles. The lowest BCUT2D eigenvalue weighted by Crippen LogP contribution is -2.40. The number of benzene rings is 1. The van der Waals surface area contributed by atoms with Gasteiger partial charge in [-0.2, -0.15) is 0 Å². The second-order valence-corrected chi connectivity index (χ2v) is 6.50. The molecule has 0 aliphatic carbocycles. The summed E-state index contributed by atoms with van der Waals surface area (Å²) >= 11 is 0. The van der Waals surface area contributed by atoms with Crippen LogP contribution in [-0.2, 0) is 14.8 Å². The maximum Gasteiger partial charge on any atom is 0.240 e. The van der Waals surface area contributed by atoms with E-state index in [-0.39, 0.29) is 17.1 Å². The highest BCUT2D eigenvalue weighted by Crippen LogP contribution is 2.16. The standard InChI is InChI=1S/C12H19FN2O3S/c1-4-18-12(2,3)8-15-19(16,17)11-6-9(13)5-10(14)7-11/h5-7,15H,4,8,14H2,1-3H3. The van der Waals surface area contributed by atoms with Crippen molar-refractivity contribution >= 4 is 15.7 Å². The van der Waals surface area contributed by atoms with Crippen LogP contribution in [-0.4, -0.2) is 27.2 Å². The number of hydrogen-bond donors (Lipinski definition) is 2. The summed E-state index contributed by atoms with van der Waals surface area (Å²) in [5.74, 6) is -0.690. The molecule has 1 rings (SSSR count). The zero-order chi connectivity index (χ0) is 14.7. The van der Waals surface area contributed by atoms with Crippen LogP contribution in [0.3, 0.4) is 0 Å². The average molecular weight is 290 g/mol. The van der Waals surface area contributed by atoms with E-state index in [0.717, 1.165) is 12.1 Å². The van der Waals surface area contributed by atoms with E-state index in [2.05, 4.69) is 4.72 Å². The highest BCUT2D eigenvalue weighted by molar-refractivity contribution is 7.89. The van der Waals surface area contributed by atoms with E-state index in [1.807, 2.05) is 6.92 Å². The average Bonchev–Trinajstić information content (AvgIpc) is 2.25. The maximum atomic E-state index is 13.2. The highest BCUT2D eigenvalue weighted by atomic mass is 32.2. The minimum atomic E-state index is -3.81. The summed E-state index contributed by atoms with van der Waals surface area (Å²) in [6.07, 6.45) is 0. The third-order valence-electron chi connectivity index (χ3n) is 2.43. The molecule has 0 saturated heterocycles. The highest BCUT2D eigenvalue weighted by Gasteiger charge is 2.23. The molecule has 0 aromatic heterocycles. The molecule has 3 N–H and O–H groups in total. The van der Waals surface area contributed by atoms with Crippen LogP contribution in [0.5, 0.6) is 0 Å². The van der Waals surface area contributed by atoms with E-state index >= 15 is 0 Å². The van der Waals surface area contributed by atoms with Gasteiger partial charge < -0.3 is 10.5 Å². The van der Waals surface area contributed by atoms with Crippen LogP contribution >= 0.6 is 0 Å². The summed E-state index contributed by atoms with van der Waals surface area (Å²) in [6, 6.07) is 3.19. The van der Waals surface area contributed by atoms with Crippen molar-refractivity contribution in [2.75, 3.05) is 18.9 Å². The van der Waals surface area contributed by atoms with Crippen molar-refractivity contribution in [3.05, 3.63) is 24.0 Å². The largest absolute Gasteiger partial charge is 0.399 e. The van der Waals surface area contributed by atoms with Gasteiger partial charge in [-0.05, 0) is 39.0 Å². The summed E-state index contributed by atoms with van der Waals surface area (Å²) in [4.78, 5) is -0.197. The fraction of sp³-hybridized carbons (Fsp3) is 0.500. The van der Waals surface area contributed by atoms with Crippen LogP contribution in [0.15, 0.2) is 23.1 Å². The molecule has 0 spiro atoms. The van der Waals surface area contributed by atoms with Crippen molar-refractivity contribution in [2.24, 2.45) is 0 Å². The Balaban J connectivity index is 2.87. The maximum absolute atomic E-state index is 13.2. The molecule has 7 heteroatoms. The molecule has 0 atom stereocenters. The van der Waals surface area contributed by atoms with Crippen LogP contribution in [0.1, 0.15) is 20.8 Å². The number of hydrogen-bond acceptors (Lipinski definition) is 4. The van der Waals surface area contributed by atoms with E-state index in [1.165, 1.54) is 6.07 Å². The Labute approximate surface area is 113 Å². The first-order valence-corrected chi connectivity index (χ1v) is 7.34. The predicted octanol–water partition coefficient (Wildman–Crippen LogP) is 1.50. The van der Waals surface area contributed by atoms with Crippen molar-refractivity contribution in [3.63, 3.8) is 0 Å². The molecule has 0 fully saturated rings. The Hall–Kier alpha value is -1.18. The molecule has 0 aliphatic rings. The number of nitrogens with two attached hydrogens (primary N) is 1. The Morgan fingerprint density at radius 2 is 2.00 bits per heavy atom. The smallest absolute Gasteiger partial charge is 0.240 e. The molecule has 0 aliphatic heterocycles. The SMILES string of the molecule is CCOC(C)(C)CNS(=O)(=O)c1cc(N)cc(F)c1. The third kappa shape index (κ3) is 4.77. The first-order chi connectivity index (χ1) is 8.66. The van der Waals surface area contributed by atoms with Gasteiger partial charge in [-0.15, -0.1) is 0 Å². The van der Waals surface area contributed by atoms with Crippen molar-refractivity contribution in [3.8, 4) is 0 Å². The zero-order valence-electron chi connectivity index (χ0n) is 11.2. The predicted molar refractivity (Wildman–Crippen MR) is 71.7 cm³/mol. The molecule has 1 aromatic rings. The lowest BCUT2D eigenvalue weighted by molar-refractivity contribution is -0.00514. The summed E-state index contributed by atoms with van der Waals surface area (Å²) in [5.41, 5.74) is 4.85. The van der Waals surface area contributed by atoms with Crippen LogP contribution in [0, 0.1) is 5.82 Å². The molecule has 0 amide bonds. The minimum Gasteiger partial charge on any atom is -0.399 e. The fourth-order valence-corrected chi connectivity index (χ4v) is 2.80. The van der Waals surface area contributed by atoms with Gasteiger partial charge in [-0.1, -0.05) is 0 Å². The van der Waals surface area contributed by atoms with Crippen LogP contribution in [0.25, 0.3) is 0 Å².